The van der Waals surface area contributed by atoms with E-state index in [2.05, 4.69) is 0 Å². The SMILES string of the molecule is NCCCN1CCOCCC1=O. The number of carbonyl (C=O) groups is 1. The summed E-state index contributed by atoms with van der Waals surface area (Å²) in [6.45, 7) is 3.37. The van der Waals surface area contributed by atoms with E-state index in [0.717, 1.165) is 19.5 Å². The third-order valence-corrected chi connectivity index (χ3v) is 1.95. The third kappa shape index (κ3) is 2.79. The maximum absolute atomic E-state index is 11.3. The summed E-state index contributed by atoms with van der Waals surface area (Å²) in [5.41, 5.74) is 5.36. The van der Waals surface area contributed by atoms with Gasteiger partial charge >= 0.3 is 0 Å². The van der Waals surface area contributed by atoms with Gasteiger partial charge in [-0.1, -0.05) is 0 Å². The van der Waals surface area contributed by atoms with Crippen molar-refractivity contribution in [1.82, 2.24) is 4.90 Å². The van der Waals surface area contributed by atoms with Gasteiger partial charge in [-0.15, -0.1) is 0 Å². The molecule has 0 aromatic carbocycles. The molecule has 1 heterocycles. The Balaban J connectivity index is 2.31. The van der Waals surface area contributed by atoms with Gasteiger partial charge in [0.2, 0.25) is 5.91 Å². The summed E-state index contributed by atoms with van der Waals surface area (Å²) in [6.07, 6.45) is 1.40. The molecule has 1 rings (SSSR count). The molecule has 0 spiro atoms. The van der Waals surface area contributed by atoms with E-state index in [-0.39, 0.29) is 5.91 Å². The van der Waals surface area contributed by atoms with Gasteiger partial charge in [0.25, 0.3) is 0 Å². The van der Waals surface area contributed by atoms with Crippen LogP contribution >= 0.6 is 0 Å². The van der Waals surface area contributed by atoms with E-state index in [9.17, 15) is 4.79 Å². The minimum absolute atomic E-state index is 0.195. The Morgan fingerprint density at radius 3 is 3.08 bits per heavy atom. The van der Waals surface area contributed by atoms with Gasteiger partial charge in [0.15, 0.2) is 0 Å². The molecule has 4 heteroatoms. The second-order valence-electron chi connectivity index (χ2n) is 2.89. The minimum Gasteiger partial charge on any atom is -0.379 e. The van der Waals surface area contributed by atoms with Gasteiger partial charge in [0.05, 0.1) is 19.6 Å². The first kappa shape index (κ1) is 9.48. The van der Waals surface area contributed by atoms with Crippen molar-refractivity contribution >= 4 is 5.91 Å². The van der Waals surface area contributed by atoms with Crippen LogP contribution in [0.4, 0.5) is 0 Å². The molecule has 70 valence electrons. The smallest absolute Gasteiger partial charge is 0.224 e. The number of rotatable bonds is 3. The standard InChI is InChI=1S/C8H16N2O2/c9-3-1-4-10-5-7-12-6-2-8(10)11/h1-7,9H2. The molecular weight excluding hydrogens is 156 g/mol. The topological polar surface area (TPSA) is 55.6 Å². The van der Waals surface area contributed by atoms with Crippen LogP contribution in [0.15, 0.2) is 0 Å². The van der Waals surface area contributed by atoms with Crippen LogP contribution < -0.4 is 5.73 Å². The zero-order chi connectivity index (χ0) is 8.81. The first-order valence-corrected chi connectivity index (χ1v) is 4.40. The number of amides is 1. The fourth-order valence-electron chi connectivity index (χ4n) is 1.24. The lowest BCUT2D eigenvalue weighted by Crippen LogP contribution is -2.33. The third-order valence-electron chi connectivity index (χ3n) is 1.95. The molecule has 4 nitrogen and oxygen atoms in total. The Kier molecular flexibility index (Phi) is 4.04. The summed E-state index contributed by atoms with van der Waals surface area (Å²) in [6, 6.07) is 0. The monoisotopic (exact) mass is 172 g/mol. The number of ether oxygens (including phenoxy) is 1. The lowest BCUT2D eigenvalue weighted by Gasteiger charge is -2.18. The van der Waals surface area contributed by atoms with E-state index in [1.807, 2.05) is 4.90 Å². The molecule has 1 aliphatic heterocycles. The van der Waals surface area contributed by atoms with Crippen LogP contribution in [0.2, 0.25) is 0 Å². The Morgan fingerprint density at radius 2 is 2.33 bits per heavy atom. The normalized spacial score (nSPS) is 19.4. The Labute approximate surface area is 72.7 Å². The second kappa shape index (κ2) is 5.11. The highest BCUT2D eigenvalue weighted by Gasteiger charge is 2.15. The fourth-order valence-corrected chi connectivity index (χ4v) is 1.24. The average Bonchev–Trinajstić information content (AvgIpc) is 2.27. The maximum Gasteiger partial charge on any atom is 0.224 e. The number of nitrogens with zero attached hydrogens (tertiary/aromatic N) is 1. The highest BCUT2D eigenvalue weighted by atomic mass is 16.5. The summed E-state index contributed by atoms with van der Waals surface area (Å²) in [5.74, 6) is 0.195. The van der Waals surface area contributed by atoms with Crippen LogP contribution in [-0.4, -0.2) is 43.7 Å². The molecule has 1 amide bonds. The van der Waals surface area contributed by atoms with Gasteiger partial charge in [-0.05, 0) is 13.0 Å². The van der Waals surface area contributed by atoms with Crippen LogP contribution in [0.25, 0.3) is 0 Å². The first-order valence-electron chi connectivity index (χ1n) is 4.40. The molecular formula is C8H16N2O2. The van der Waals surface area contributed by atoms with Crippen LogP contribution in [0, 0.1) is 0 Å². The zero-order valence-corrected chi connectivity index (χ0v) is 7.29. The Bertz CT molecular complexity index is 150. The molecule has 0 saturated carbocycles. The lowest BCUT2D eigenvalue weighted by molar-refractivity contribution is -0.130. The summed E-state index contributed by atoms with van der Waals surface area (Å²) in [4.78, 5) is 13.2. The zero-order valence-electron chi connectivity index (χ0n) is 7.29. The molecule has 1 aliphatic rings. The van der Waals surface area contributed by atoms with Gasteiger partial charge in [0.1, 0.15) is 0 Å². The number of nitrogens with two attached hydrogens (primary N) is 1. The summed E-state index contributed by atoms with van der Waals surface area (Å²) in [5, 5.41) is 0. The van der Waals surface area contributed by atoms with Crippen LogP contribution in [-0.2, 0) is 9.53 Å². The summed E-state index contributed by atoms with van der Waals surface area (Å²) < 4.78 is 5.18. The van der Waals surface area contributed by atoms with Crippen LogP contribution in [0.1, 0.15) is 12.8 Å². The van der Waals surface area contributed by atoms with Crippen molar-refractivity contribution in [3.8, 4) is 0 Å². The largest absolute Gasteiger partial charge is 0.379 e. The highest BCUT2D eigenvalue weighted by molar-refractivity contribution is 5.76. The Hall–Kier alpha value is -0.610. The average molecular weight is 172 g/mol. The predicted octanol–water partition coefficient (Wildman–Crippen LogP) is -0.416. The molecule has 0 radical (unpaired) electrons. The molecule has 1 fully saturated rings. The van der Waals surface area contributed by atoms with Crippen LogP contribution in [0.5, 0.6) is 0 Å². The predicted molar refractivity (Wildman–Crippen MR) is 45.7 cm³/mol. The van der Waals surface area contributed by atoms with Crippen molar-refractivity contribution in [3.63, 3.8) is 0 Å². The maximum atomic E-state index is 11.3. The van der Waals surface area contributed by atoms with E-state index >= 15 is 0 Å². The van der Waals surface area contributed by atoms with E-state index in [1.165, 1.54) is 0 Å². The second-order valence-corrected chi connectivity index (χ2v) is 2.89. The molecule has 0 atom stereocenters. The van der Waals surface area contributed by atoms with Gasteiger partial charge < -0.3 is 15.4 Å². The number of hydrogen-bond acceptors (Lipinski definition) is 3. The van der Waals surface area contributed by atoms with Crippen LogP contribution in [0.3, 0.4) is 0 Å². The number of hydrogen-bond donors (Lipinski definition) is 1. The van der Waals surface area contributed by atoms with Crippen molar-refractivity contribution in [2.75, 3.05) is 32.8 Å². The van der Waals surface area contributed by atoms with E-state index < -0.39 is 0 Å². The van der Waals surface area contributed by atoms with Crippen molar-refractivity contribution in [2.45, 2.75) is 12.8 Å². The molecule has 1 saturated heterocycles. The van der Waals surface area contributed by atoms with Crippen molar-refractivity contribution in [3.05, 3.63) is 0 Å². The number of carbonyl (C=O) groups excluding carboxylic acids is 1. The Morgan fingerprint density at radius 1 is 1.50 bits per heavy atom. The van der Waals surface area contributed by atoms with E-state index in [1.54, 1.807) is 0 Å². The first-order chi connectivity index (χ1) is 5.84. The van der Waals surface area contributed by atoms with Crippen molar-refractivity contribution in [1.29, 1.82) is 0 Å². The summed E-state index contributed by atoms with van der Waals surface area (Å²) >= 11 is 0. The van der Waals surface area contributed by atoms with Gasteiger partial charge in [-0.25, -0.2) is 0 Å². The van der Waals surface area contributed by atoms with Crippen molar-refractivity contribution in [2.24, 2.45) is 5.73 Å². The quantitative estimate of drug-likeness (QED) is 0.629. The molecule has 0 aliphatic carbocycles. The molecule has 0 aromatic rings. The molecule has 0 unspecified atom stereocenters. The highest BCUT2D eigenvalue weighted by Crippen LogP contribution is 2.01. The van der Waals surface area contributed by atoms with Gasteiger partial charge in [-0.2, -0.15) is 0 Å². The van der Waals surface area contributed by atoms with E-state index in [0.29, 0.717) is 26.2 Å². The fraction of sp³-hybridized carbons (Fsp3) is 0.875. The van der Waals surface area contributed by atoms with Crippen molar-refractivity contribution < 1.29 is 9.53 Å². The summed E-state index contributed by atoms with van der Waals surface area (Å²) in [7, 11) is 0. The molecule has 0 aromatic heterocycles. The molecule has 0 bridgehead atoms. The molecule has 2 N–H and O–H groups in total. The molecule has 12 heavy (non-hydrogen) atoms. The minimum atomic E-state index is 0.195. The lowest BCUT2D eigenvalue weighted by atomic mass is 10.3. The van der Waals surface area contributed by atoms with E-state index in [4.69, 9.17) is 10.5 Å². The van der Waals surface area contributed by atoms with Gasteiger partial charge in [0, 0.05) is 13.1 Å². The van der Waals surface area contributed by atoms with Gasteiger partial charge in [-0.3, -0.25) is 4.79 Å².